The highest BCUT2D eigenvalue weighted by Crippen LogP contribution is 2.35. The van der Waals surface area contributed by atoms with Crippen LogP contribution in [0.15, 0.2) is 40.2 Å². The maximum absolute atomic E-state index is 3.65. The highest BCUT2D eigenvalue weighted by molar-refractivity contribution is 9.10. The molecule has 0 radical (unpaired) electrons. The molecule has 1 aliphatic carbocycles. The molecule has 18 heavy (non-hydrogen) atoms. The summed E-state index contributed by atoms with van der Waals surface area (Å²) in [6, 6.07) is 11.3. The van der Waals surface area contributed by atoms with Gasteiger partial charge in [-0.2, -0.15) is 0 Å². The van der Waals surface area contributed by atoms with Crippen molar-refractivity contribution in [2.24, 2.45) is 0 Å². The van der Waals surface area contributed by atoms with E-state index < -0.39 is 0 Å². The smallest absolute Gasteiger partial charge is 0.0397 e. The van der Waals surface area contributed by atoms with Gasteiger partial charge in [0, 0.05) is 27.9 Å². The van der Waals surface area contributed by atoms with Gasteiger partial charge in [-0.25, -0.2) is 0 Å². The van der Waals surface area contributed by atoms with E-state index in [1.54, 1.807) is 0 Å². The molecule has 3 heteroatoms. The van der Waals surface area contributed by atoms with Crippen LogP contribution in [0.5, 0.6) is 0 Å². The predicted molar refractivity (Wildman–Crippen MR) is 81.3 cm³/mol. The summed E-state index contributed by atoms with van der Waals surface area (Å²) >= 11 is 5.41. The molecule has 0 spiro atoms. The number of benzene rings is 1. The van der Waals surface area contributed by atoms with Crippen molar-refractivity contribution in [2.75, 3.05) is 6.54 Å². The number of thiophene rings is 1. The Balaban J connectivity index is 1.59. The summed E-state index contributed by atoms with van der Waals surface area (Å²) in [5, 5.41) is 5.78. The monoisotopic (exact) mass is 321 g/mol. The number of nitrogens with one attached hydrogen (secondary N) is 1. The Morgan fingerprint density at radius 2 is 2.22 bits per heavy atom. The van der Waals surface area contributed by atoms with Crippen LogP contribution in [0.1, 0.15) is 34.9 Å². The van der Waals surface area contributed by atoms with E-state index in [4.69, 9.17) is 0 Å². The van der Waals surface area contributed by atoms with Crippen LogP contribution >= 0.6 is 27.3 Å². The van der Waals surface area contributed by atoms with Crippen molar-refractivity contribution in [3.8, 4) is 0 Å². The molecule has 0 fully saturated rings. The van der Waals surface area contributed by atoms with Crippen molar-refractivity contribution in [1.29, 1.82) is 0 Å². The molecule has 94 valence electrons. The van der Waals surface area contributed by atoms with Crippen LogP contribution in [0.25, 0.3) is 0 Å². The molecule has 1 aromatic heterocycles. The second kappa shape index (κ2) is 5.16. The second-order valence-electron chi connectivity index (χ2n) is 4.86. The average molecular weight is 322 g/mol. The molecule has 0 saturated carbocycles. The van der Waals surface area contributed by atoms with Gasteiger partial charge >= 0.3 is 0 Å². The lowest BCUT2D eigenvalue weighted by Gasteiger charge is -2.31. The first kappa shape index (κ1) is 12.4. The fourth-order valence-electron chi connectivity index (χ4n) is 2.57. The third kappa shape index (κ3) is 2.27. The van der Waals surface area contributed by atoms with Gasteiger partial charge < -0.3 is 5.32 Å². The van der Waals surface area contributed by atoms with Crippen molar-refractivity contribution in [1.82, 2.24) is 5.32 Å². The van der Waals surface area contributed by atoms with Gasteiger partial charge in [0.15, 0.2) is 0 Å². The molecule has 0 bridgehead atoms. The molecule has 1 aromatic carbocycles. The molecule has 2 atom stereocenters. The summed E-state index contributed by atoms with van der Waals surface area (Å²) in [5.74, 6) is 0.697. The molecule has 1 aliphatic rings. The Hall–Kier alpha value is -0.640. The summed E-state index contributed by atoms with van der Waals surface area (Å²) in [5.41, 5.74) is 3.05. The number of halogens is 1. The lowest BCUT2D eigenvalue weighted by Crippen LogP contribution is -2.30. The van der Waals surface area contributed by atoms with Crippen LogP contribution in [-0.2, 0) is 6.42 Å². The first-order chi connectivity index (χ1) is 8.75. The van der Waals surface area contributed by atoms with E-state index in [0.717, 1.165) is 6.54 Å². The zero-order valence-corrected chi connectivity index (χ0v) is 12.7. The lowest BCUT2D eigenvalue weighted by molar-refractivity contribution is 0.492. The number of hydrogen-bond donors (Lipinski definition) is 1. The zero-order chi connectivity index (χ0) is 12.5. The summed E-state index contributed by atoms with van der Waals surface area (Å²) in [7, 11) is 0. The van der Waals surface area contributed by atoms with Crippen LogP contribution in [0.4, 0.5) is 0 Å². The summed E-state index contributed by atoms with van der Waals surface area (Å²) in [6.07, 6.45) is 1.22. The highest BCUT2D eigenvalue weighted by Gasteiger charge is 2.25. The highest BCUT2D eigenvalue weighted by atomic mass is 79.9. The van der Waals surface area contributed by atoms with Crippen molar-refractivity contribution >= 4 is 27.3 Å². The van der Waals surface area contributed by atoms with E-state index >= 15 is 0 Å². The molecular weight excluding hydrogens is 306 g/mol. The van der Waals surface area contributed by atoms with Crippen molar-refractivity contribution in [3.63, 3.8) is 0 Å². The quantitative estimate of drug-likeness (QED) is 0.874. The largest absolute Gasteiger partial charge is 0.309 e. The van der Waals surface area contributed by atoms with E-state index in [0.29, 0.717) is 12.0 Å². The first-order valence-electron chi connectivity index (χ1n) is 6.30. The third-order valence-electron chi connectivity index (χ3n) is 3.67. The Bertz CT molecular complexity index is 549. The van der Waals surface area contributed by atoms with Crippen LogP contribution in [0.3, 0.4) is 0 Å². The Morgan fingerprint density at radius 1 is 1.39 bits per heavy atom. The van der Waals surface area contributed by atoms with E-state index in [1.807, 2.05) is 11.3 Å². The molecule has 3 rings (SSSR count). The van der Waals surface area contributed by atoms with Crippen LogP contribution < -0.4 is 5.32 Å². The number of hydrogen-bond acceptors (Lipinski definition) is 2. The molecule has 2 aromatic rings. The van der Waals surface area contributed by atoms with Crippen LogP contribution in [0, 0.1) is 0 Å². The molecule has 1 nitrogen and oxygen atoms in total. The molecular formula is C15H16BrNS. The lowest BCUT2D eigenvalue weighted by atomic mass is 9.77. The van der Waals surface area contributed by atoms with E-state index in [2.05, 4.69) is 63.9 Å². The van der Waals surface area contributed by atoms with Gasteiger partial charge in [0.1, 0.15) is 0 Å². The van der Waals surface area contributed by atoms with Gasteiger partial charge in [0.25, 0.3) is 0 Å². The molecule has 1 heterocycles. The molecule has 2 unspecified atom stereocenters. The minimum atomic E-state index is 0.423. The van der Waals surface area contributed by atoms with E-state index in [-0.39, 0.29) is 0 Å². The SMILES string of the molecule is CC(NCC1Cc2ccccc21)c1sccc1Br. The number of fused-ring (bicyclic) bond motifs is 1. The van der Waals surface area contributed by atoms with Crippen molar-refractivity contribution in [2.45, 2.75) is 25.3 Å². The van der Waals surface area contributed by atoms with Gasteiger partial charge in [0.2, 0.25) is 0 Å². The topological polar surface area (TPSA) is 12.0 Å². The summed E-state index contributed by atoms with van der Waals surface area (Å²) < 4.78 is 1.22. The first-order valence-corrected chi connectivity index (χ1v) is 7.97. The van der Waals surface area contributed by atoms with E-state index in [9.17, 15) is 0 Å². The second-order valence-corrected chi connectivity index (χ2v) is 6.66. The van der Waals surface area contributed by atoms with Crippen LogP contribution in [0.2, 0.25) is 0 Å². The summed E-state index contributed by atoms with van der Waals surface area (Å²) in [4.78, 5) is 1.39. The van der Waals surface area contributed by atoms with Gasteiger partial charge in [-0.3, -0.25) is 0 Å². The maximum Gasteiger partial charge on any atom is 0.0397 e. The Labute approximate surface area is 120 Å². The Morgan fingerprint density at radius 3 is 2.94 bits per heavy atom. The predicted octanol–water partition coefficient (Wildman–Crippen LogP) is 4.50. The normalized spacial score (nSPS) is 19.1. The van der Waals surface area contributed by atoms with Crippen LogP contribution in [-0.4, -0.2) is 6.54 Å². The maximum atomic E-state index is 3.65. The van der Waals surface area contributed by atoms with Gasteiger partial charge in [-0.15, -0.1) is 11.3 Å². The van der Waals surface area contributed by atoms with Gasteiger partial charge in [-0.05, 0) is 51.8 Å². The standard InChI is InChI=1S/C15H16BrNS/c1-10(15-14(16)6-7-18-15)17-9-12-8-11-4-2-3-5-13(11)12/h2-7,10,12,17H,8-9H2,1H3. The van der Waals surface area contributed by atoms with Crippen molar-refractivity contribution in [3.05, 3.63) is 56.2 Å². The summed E-state index contributed by atoms with van der Waals surface area (Å²) in [6.45, 7) is 3.31. The molecule has 0 saturated heterocycles. The fourth-order valence-corrected chi connectivity index (χ4v) is 4.32. The van der Waals surface area contributed by atoms with Gasteiger partial charge in [-0.1, -0.05) is 24.3 Å². The van der Waals surface area contributed by atoms with Crippen molar-refractivity contribution < 1.29 is 0 Å². The zero-order valence-electron chi connectivity index (χ0n) is 10.3. The third-order valence-corrected chi connectivity index (χ3v) is 5.72. The average Bonchev–Trinajstić information content (AvgIpc) is 2.76. The number of rotatable bonds is 4. The molecule has 1 N–H and O–H groups in total. The van der Waals surface area contributed by atoms with E-state index in [1.165, 1.54) is 26.9 Å². The molecule has 0 aliphatic heterocycles. The minimum Gasteiger partial charge on any atom is -0.309 e. The Kier molecular flexibility index (Phi) is 3.55. The van der Waals surface area contributed by atoms with Gasteiger partial charge in [0.05, 0.1) is 0 Å². The minimum absolute atomic E-state index is 0.423. The fraction of sp³-hybridized carbons (Fsp3) is 0.333. The molecule has 0 amide bonds.